The molecule has 0 aliphatic heterocycles. The summed E-state index contributed by atoms with van der Waals surface area (Å²) in [6.45, 7) is 4.57. The Hall–Kier alpha value is -1.93. The van der Waals surface area contributed by atoms with Crippen LogP contribution in [-0.4, -0.2) is 49.1 Å². The Kier molecular flexibility index (Phi) is 5.67. The van der Waals surface area contributed by atoms with Crippen LogP contribution in [0.5, 0.6) is 0 Å². The van der Waals surface area contributed by atoms with Crippen LogP contribution in [-0.2, 0) is 14.8 Å². The third-order valence-corrected chi connectivity index (χ3v) is 5.09. The molecular weight excluding hydrogens is 308 g/mol. The molecule has 1 amide bonds. The third kappa shape index (κ3) is 4.28. The lowest BCUT2D eigenvalue weighted by Gasteiger charge is -2.16. The van der Waals surface area contributed by atoms with Crippen molar-refractivity contribution in [1.82, 2.24) is 4.31 Å². The summed E-state index contributed by atoms with van der Waals surface area (Å²) in [6, 6.07) is 3.03. The van der Waals surface area contributed by atoms with Gasteiger partial charge >= 0.3 is 5.97 Å². The zero-order chi connectivity index (χ0) is 17.1. The maximum absolute atomic E-state index is 11.9. The van der Waals surface area contributed by atoms with Gasteiger partial charge in [0.15, 0.2) is 0 Å². The van der Waals surface area contributed by atoms with E-state index in [2.05, 4.69) is 5.32 Å². The summed E-state index contributed by atoms with van der Waals surface area (Å²) >= 11 is 0. The van der Waals surface area contributed by atoms with Gasteiger partial charge in [0.05, 0.1) is 17.9 Å². The molecular formula is C14H20N2O5S. The number of sulfonamides is 1. The Morgan fingerprint density at radius 2 is 1.82 bits per heavy atom. The fourth-order valence-corrected chi connectivity index (χ4v) is 2.68. The van der Waals surface area contributed by atoms with Crippen LogP contribution in [0.1, 0.15) is 28.4 Å². The van der Waals surface area contributed by atoms with Gasteiger partial charge in [0, 0.05) is 12.7 Å². The van der Waals surface area contributed by atoms with E-state index in [9.17, 15) is 18.0 Å². The Bertz CT molecular complexity index is 697. The molecule has 0 fully saturated rings. The van der Waals surface area contributed by atoms with Gasteiger partial charge in [0.2, 0.25) is 15.9 Å². The molecule has 0 aliphatic rings. The van der Waals surface area contributed by atoms with Crippen LogP contribution >= 0.6 is 0 Å². The number of likely N-dealkylation sites (N-methyl/N-ethyl adjacent to an activating group) is 1. The molecule has 0 spiro atoms. The number of benzene rings is 1. The van der Waals surface area contributed by atoms with Gasteiger partial charge in [0.25, 0.3) is 0 Å². The predicted molar refractivity (Wildman–Crippen MR) is 83.6 cm³/mol. The molecule has 0 atom stereocenters. The minimum Gasteiger partial charge on any atom is -0.478 e. The second kappa shape index (κ2) is 6.89. The van der Waals surface area contributed by atoms with Gasteiger partial charge in [-0.15, -0.1) is 0 Å². The predicted octanol–water partition coefficient (Wildman–Crippen LogP) is 1.22. The van der Waals surface area contributed by atoms with Crippen molar-refractivity contribution in [2.75, 3.05) is 24.7 Å². The topological polar surface area (TPSA) is 104 Å². The molecule has 0 heterocycles. The number of anilines is 1. The summed E-state index contributed by atoms with van der Waals surface area (Å²) in [5.41, 5.74) is 1.75. The smallest absolute Gasteiger partial charge is 0.336 e. The number of carboxylic acid groups (broad SMARTS) is 1. The van der Waals surface area contributed by atoms with Crippen LogP contribution in [0, 0.1) is 13.8 Å². The number of aromatic carboxylic acids is 1. The minimum atomic E-state index is -3.45. The van der Waals surface area contributed by atoms with E-state index in [1.807, 2.05) is 0 Å². The zero-order valence-electron chi connectivity index (χ0n) is 13.0. The van der Waals surface area contributed by atoms with Crippen molar-refractivity contribution in [1.29, 1.82) is 0 Å². The minimum absolute atomic E-state index is 0.0930. The molecule has 0 radical (unpaired) electrons. The quantitative estimate of drug-likeness (QED) is 0.817. The number of rotatable bonds is 6. The molecule has 22 heavy (non-hydrogen) atoms. The lowest BCUT2D eigenvalue weighted by Crippen LogP contribution is -2.35. The summed E-state index contributed by atoms with van der Waals surface area (Å²) in [6.07, 6.45) is 0. The van der Waals surface area contributed by atoms with E-state index in [0.717, 1.165) is 4.31 Å². The van der Waals surface area contributed by atoms with E-state index in [1.165, 1.54) is 20.0 Å². The number of nitrogens with zero attached hydrogens (tertiary/aromatic N) is 1. The highest BCUT2D eigenvalue weighted by atomic mass is 32.2. The van der Waals surface area contributed by atoms with Crippen molar-refractivity contribution in [3.8, 4) is 0 Å². The molecule has 8 heteroatoms. The van der Waals surface area contributed by atoms with Crippen LogP contribution in [0.4, 0.5) is 5.69 Å². The van der Waals surface area contributed by atoms with Crippen molar-refractivity contribution >= 4 is 27.6 Å². The highest BCUT2D eigenvalue weighted by molar-refractivity contribution is 7.89. The number of hydrogen-bond donors (Lipinski definition) is 2. The van der Waals surface area contributed by atoms with Gasteiger partial charge in [0.1, 0.15) is 0 Å². The second-order valence-electron chi connectivity index (χ2n) is 4.99. The third-order valence-electron chi connectivity index (χ3n) is 3.28. The van der Waals surface area contributed by atoms with Crippen LogP contribution in [0.3, 0.4) is 0 Å². The highest BCUT2D eigenvalue weighted by Crippen LogP contribution is 2.21. The molecule has 0 unspecified atom stereocenters. The number of hydrogen-bond acceptors (Lipinski definition) is 4. The molecule has 0 aliphatic carbocycles. The maximum Gasteiger partial charge on any atom is 0.336 e. The maximum atomic E-state index is 11.9. The summed E-state index contributed by atoms with van der Waals surface area (Å²) in [4.78, 5) is 23.1. The second-order valence-corrected chi connectivity index (χ2v) is 7.36. The fraction of sp³-hybridized carbons (Fsp3) is 0.429. The van der Waals surface area contributed by atoms with Crippen molar-refractivity contribution < 1.29 is 23.1 Å². The normalized spacial score (nSPS) is 11.5. The number of carboxylic acids is 1. The van der Waals surface area contributed by atoms with Crippen LogP contribution in [0.25, 0.3) is 0 Å². The van der Waals surface area contributed by atoms with Gasteiger partial charge in [-0.1, -0.05) is 6.07 Å². The van der Waals surface area contributed by atoms with Crippen LogP contribution < -0.4 is 5.32 Å². The Morgan fingerprint density at radius 1 is 1.23 bits per heavy atom. The standard InChI is InChI=1S/C14H20N2O5S/c1-5-22(20,21)16(4)8-13(17)15-12-7-11(14(18)19)9(2)6-10(12)3/h6-7H,5,8H2,1-4H3,(H,15,17)(H,18,19). The first-order valence-corrected chi connectivity index (χ1v) is 8.27. The lowest BCUT2D eigenvalue weighted by atomic mass is 10.0. The van der Waals surface area contributed by atoms with Crippen LogP contribution in [0.2, 0.25) is 0 Å². The summed E-state index contributed by atoms with van der Waals surface area (Å²) < 4.78 is 24.2. The molecule has 122 valence electrons. The van der Waals surface area contributed by atoms with E-state index in [0.29, 0.717) is 16.8 Å². The van der Waals surface area contributed by atoms with Crippen molar-refractivity contribution in [2.45, 2.75) is 20.8 Å². The zero-order valence-corrected chi connectivity index (χ0v) is 13.8. The Balaban J connectivity index is 2.94. The largest absolute Gasteiger partial charge is 0.478 e. The molecule has 0 saturated carbocycles. The molecule has 1 aromatic carbocycles. The van der Waals surface area contributed by atoms with Crippen molar-refractivity contribution in [3.05, 3.63) is 28.8 Å². The highest BCUT2D eigenvalue weighted by Gasteiger charge is 2.19. The lowest BCUT2D eigenvalue weighted by molar-refractivity contribution is -0.116. The average Bonchev–Trinajstić information content (AvgIpc) is 2.41. The molecule has 7 nitrogen and oxygen atoms in total. The summed E-state index contributed by atoms with van der Waals surface area (Å²) in [5, 5.41) is 11.7. The number of carbonyl (C=O) groups excluding carboxylic acids is 1. The Morgan fingerprint density at radius 3 is 2.32 bits per heavy atom. The molecule has 0 saturated heterocycles. The summed E-state index contributed by atoms with van der Waals surface area (Å²) in [5.74, 6) is -1.70. The van der Waals surface area contributed by atoms with Gasteiger partial charge in [-0.2, -0.15) is 4.31 Å². The number of aryl methyl sites for hydroxylation is 2. The average molecular weight is 328 g/mol. The first-order valence-electron chi connectivity index (χ1n) is 6.67. The van der Waals surface area contributed by atoms with Crippen LogP contribution in [0.15, 0.2) is 12.1 Å². The van der Waals surface area contributed by atoms with Gasteiger partial charge in [-0.25, -0.2) is 13.2 Å². The van der Waals surface area contributed by atoms with Gasteiger partial charge in [-0.05, 0) is 38.0 Å². The molecule has 0 aromatic heterocycles. The molecule has 0 bridgehead atoms. The van der Waals surface area contributed by atoms with Gasteiger partial charge < -0.3 is 10.4 Å². The summed E-state index contributed by atoms with van der Waals surface area (Å²) in [7, 11) is -2.12. The molecule has 2 N–H and O–H groups in total. The Labute approximate surface area is 130 Å². The van der Waals surface area contributed by atoms with Crippen molar-refractivity contribution in [2.24, 2.45) is 0 Å². The monoisotopic (exact) mass is 328 g/mol. The van der Waals surface area contributed by atoms with E-state index in [-0.39, 0.29) is 17.9 Å². The molecule has 1 aromatic rings. The van der Waals surface area contributed by atoms with E-state index in [1.54, 1.807) is 19.9 Å². The van der Waals surface area contributed by atoms with E-state index < -0.39 is 21.9 Å². The fourth-order valence-electron chi connectivity index (χ4n) is 1.93. The number of nitrogens with one attached hydrogen (secondary N) is 1. The number of carbonyl (C=O) groups is 2. The number of amides is 1. The molecule has 1 rings (SSSR count). The van der Waals surface area contributed by atoms with E-state index >= 15 is 0 Å². The van der Waals surface area contributed by atoms with Gasteiger partial charge in [-0.3, -0.25) is 4.79 Å². The SMILES string of the molecule is CCS(=O)(=O)N(C)CC(=O)Nc1cc(C(=O)O)c(C)cc1C. The first-order chi connectivity index (χ1) is 10.1. The van der Waals surface area contributed by atoms with Crippen molar-refractivity contribution in [3.63, 3.8) is 0 Å². The van der Waals surface area contributed by atoms with E-state index in [4.69, 9.17) is 5.11 Å². The first kappa shape index (κ1) is 18.1.